The zero-order valence-electron chi connectivity index (χ0n) is 23.9. The van der Waals surface area contributed by atoms with Crippen LogP contribution in [-0.4, -0.2) is 52.0 Å². The van der Waals surface area contributed by atoms with Crippen LogP contribution in [0.1, 0.15) is 74.8 Å². The molecule has 2 heterocycles. The van der Waals surface area contributed by atoms with Crippen molar-refractivity contribution in [1.29, 1.82) is 0 Å². The number of piperidine rings is 1. The van der Waals surface area contributed by atoms with Gasteiger partial charge < -0.3 is 20.4 Å². The number of aromatic nitrogens is 1. The van der Waals surface area contributed by atoms with Crippen LogP contribution in [0.5, 0.6) is 5.75 Å². The Labute approximate surface area is 234 Å². The van der Waals surface area contributed by atoms with Gasteiger partial charge in [0.25, 0.3) is 0 Å². The summed E-state index contributed by atoms with van der Waals surface area (Å²) in [6.07, 6.45) is 3.62. The van der Waals surface area contributed by atoms with Gasteiger partial charge in [0, 0.05) is 35.3 Å². The monoisotopic (exact) mass is 550 g/mol. The molecule has 2 fully saturated rings. The maximum Gasteiger partial charge on any atom is 0.419 e. The number of nitrogens with zero attached hydrogens (tertiary/aromatic N) is 3. The molecule has 8 nitrogen and oxygen atoms in total. The number of hydrogen-bond acceptors (Lipinski definition) is 6. The minimum Gasteiger partial charge on any atom is -0.496 e. The van der Waals surface area contributed by atoms with E-state index in [1.165, 1.54) is 0 Å². The highest BCUT2D eigenvalue weighted by Crippen LogP contribution is 2.55. The zero-order valence-corrected chi connectivity index (χ0v) is 23.9. The highest BCUT2D eigenvalue weighted by molar-refractivity contribution is 5.97. The summed E-state index contributed by atoms with van der Waals surface area (Å²) in [6, 6.07) is 11.7. The molecule has 0 amide bonds. The lowest BCUT2D eigenvalue weighted by molar-refractivity contribution is -0.0560. The van der Waals surface area contributed by atoms with E-state index in [-0.39, 0.29) is 17.3 Å². The van der Waals surface area contributed by atoms with Crippen LogP contribution in [0, 0.1) is 12.3 Å². The van der Waals surface area contributed by atoms with E-state index in [1.807, 2.05) is 64.1 Å². The van der Waals surface area contributed by atoms with Gasteiger partial charge in [0.1, 0.15) is 17.5 Å². The SMILES string of the molecule is COc1cc(C)c2c(ccn2C(=O)OC(C)(C)C)c1CN1CCC2(CC(F)C2)C[C@H]1c1ccc(/C(N)=N/O)cc1. The molecule has 2 aliphatic rings. The summed E-state index contributed by atoms with van der Waals surface area (Å²) in [7, 11) is 1.67. The number of oxime groups is 1. The number of alkyl halides is 1. The Bertz CT molecular complexity index is 1430. The summed E-state index contributed by atoms with van der Waals surface area (Å²) < 4.78 is 27.2. The topological polar surface area (TPSA) is 102 Å². The van der Waals surface area contributed by atoms with Gasteiger partial charge in [-0.15, -0.1) is 0 Å². The summed E-state index contributed by atoms with van der Waals surface area (Å²) in [5.74, 6) is 0.824. The van der Waals surface area contributed by atoms with Gasteiger partial charge >= 0.3 is 6.09 Å². The number of carbonyl (C=O) groups is 1. The van der Waals surface area contributed by atoms with Crippen LogP contribution >= 0.6 is 0 Å². The quantitative estimate of drug-likeness (QED) is 0.168. The molecule has 0 bridgehead atoms. The Morgan fingerprint density at radius 3 is 2.50 bits per heavy atom. The number of halogens is 1. The van der Waals surface area contributed by atoms with E-state index in [1.54, 1.807) is 17.9 Å². The van der Waals surface area contributed by atoms with Crippen LogP contribution in [-0.2, 0) is 11.3 Å². The normalized spacial score (nSPS) is 23.8. The molecule has 1 saturated carbocycles. The van der Waals surface area contributed by atoms with Crippen molar-refractivity contribution in [3.05, 3.63) is 64.8 Å². The predicted octanol–water partition coefficient (Wildman–Crippen LogP) is 6.29. The molecular weight excluding hydrogens is 511 g/mol. The Hall–Kier alpha value is -3.59. The predicted molar refractivity (Wildman–Crippen MR) is 153 cm³/mol. The number of benzene rings is 2. The smallest absolute Gasteiger partial charge is 0.419 e. The molecule has 0 unspecified atom stereocenters. The minimum atomic E-state index is -0.723. The van der Waals surface area contributed by atoms with E-state index >= 15 is 0 Å². The molecule has 1 aromatic heterocycles. The van der Waals surface area contributed by atoms with Crippen LogP contribution in [0.4, 0.5) is 9.18 Å². The van der Waals surface area contributed by atoms with Gasteiger partial charge in [0.15, 0.2) is 5.84 Å². The summed E-state index contributed by atoms with van der Waals surface area (Å²) in [4.78, 5) is 15.5. The minimum absolute atomic E-state index is 0.0115. The first-order valence-corrected chi connectivity index (χ1v) is 13.8. The molecule has 1 aliphatic carbocycles. The molecule has 3 N–H and O–H groups in total. The van der Waals surface area contributed by atoms with Crippen molar-refractivity contribution < 1.29 is 23.9 Å². The number of fused-ring (bicyclic) bond motifs is 1. The van der Waals surface area contributed by atoms with E-state index in [0.717, 1.165) is 52.7 Å². The summed E-state index contributed by atoms with van der Waals surface area (Å²) >= 11 is 0. The molecule has 1 atom stereocenters. The third-order valence-electron chi connectivity index (χ3n) is 8.41. The molecule has 0 radical (unpaired) electrons. The molecule has 5 rings (SSSR count). The van der Waals surface area contributed by atoms with Crippen molar-refractivity contribution in [2.75, 3.05) is 13.7 Å². The number of carbonyl (C=O) groups excluding carboxylic acids is 1. The molecule has 40 heavy (non-hydrogen) atoms. The summed E-state index contributed by atoms with van der Waals surface area (Å²) in [6.45, 7) is 8.93. The van der Waals surface area contributed by atoms with Crippen LogP contribution in [0.15, 0.2) is 47.8 Å². The fraction of sp³-hybridized carbons (Fsp3) is 0.484. The largest absolute Gasteiger partial charge is 0.496 e. The van der Waals surface area contributed by atoms with Crippen molar-refractivity contribution in [3.8, 4) is 5.75 Å². The molecule has 1 aliphatic heterocycles. The number of aryl methyl sites for hydroxylation is 1. The zero-order chi connectivity index (χ0) is 28.8. The van der Waals surface area contributed by atoms with E-state index in [0.29, 0.717) is 24.9 Å². The van der Waals surface area contributed by atoms with E-state index < -0.39 is 17.9 Å². The first-order chi connectivity index (χ1) is 18.9. The van der Waals surface area contributed by atoms with E-state index in [4.69, 9.17) is 20.4 Å². The average molecular weight is 551 g/mol. The average Bonchev–Trinajstić information content (AvgIpc) is 3.35. The second-order valence-corrected chi connectivity index (χ2v) is 12.4. The number of methoxy groups -OCH3 is 1. The molecule has 1 saturated heterocycles. The fourth-order valence-electron chi connectivity index (χ4n) is 6.45. The highest BCUT2D eigenvalue weighted by atomic mass is 19.1. The maximum atomic E-state index is 14.1. The maximum absolute atomic E-state index is 14.1. The number of hydrogen-bond donors (Lipinski definition) is 2. The van der Waals surface area contributed by atoms with Gasteiger partial charge in [-0.2, -0.15) is 0 Å². The lowest BCUT2D eigenvalue weighted by Crippen LogP contribution is -2.49. The molecule has 2 aromatic carbocycles. The third-order valence-corrected chi connectivity index (χ3v) is 8.41. The van der Waals surface area contributed by atoms with Crippen LogP contribution in [0.3, 0.4) is 0 Å². The van der Waals surface area contributed by atoms with Crippen molar-refractivity contribution in [1.82, 2.24) is 9.47 Å². The second-order valence-electron chi connectivity index (χ2n) is 12.4. The molecule has 1 spiro atoms. The van der Waals surface area contributed by atoms with Crippen molar-refractivity contribution >= 4 is 22.8 Å². The van der Waals surface area contributed by atoms with E-state index in [9.17, 15) is 9.18 Å². The van der Waals surface area contributed by atoms with Gasteiger partial charge in [-0.25, -0.2) is 9.18 Å². The third kappa shape index (κ3) is 5.27. The van der Waals surface area contributed by atoms with Gasteiger partial charge in [-0.3, -0.25) is 9.47 Å². The van der Waals surface area contributed by atoms with E-state index in [2.05, 4.69) is 10.1 Å². The van der Waals surface area contributed by atoms with Crippen LogP contribution in [0.25, 0.3) is 10.9 Å². The fourth-order valence-corrected chi connectivity index (χ4v) is 6.45. The van der Waals surface area contributed by atoms with Gasteiger partial charge in [0.2, 0.25) is 0 Å². The van der Waals surface area contributed by atoms with Crippen LogP contribution < -0.4 is 10.5 Å². The first kappa shape index (κ1) is 28.0. The molecule has 214 valence electrons. The Morgan fingerprint density at radius 1 is 1.20 bits per heavy atom. The highest BCUT2D eigenvalue weighted by Gasteiger charge is 2.49. The van der Waals surface area contributed by atoms with Gasteiger partial charge in [-0.05, 0) is 88.6 Å². The first-order valence-electron chi connectivity index (χ1n) is 13.8. The van der Waals surface area contributed by atoms with Crippen LogP contribution in [0.2, 0.25) is 0 Å². The number of likely N-dealkylation sites (tertiary alicyclic amines) is 1. The summed E-state index contributed by atoms with van der Waals surface area (Å²) in [5.41, 5.74) is 9.65. The van der Waals surface area contributed by atoms with Crippen molar-refractivity contribution in [3.63, 3.8) is 0 Å². The molecular formula is C31H39FN4O4. The second kappa shape index (κ2) is 10.4. The number of rotatable bonds is 5. The number of amidine groups is 1. The number of nitrogens with two attached hydrogens (primary N) is 1. The Kier molecular flexibility index (Phi) is 7.29. The molecule has 3 aromatic rings. The number of ether oxygens (including phenoxy) is 2. The van der Waals surface area contributed by atoms with Gasteiger partial charge in [-0.1, -0.05) is 29.4 Å². The Morgan fingerprint density at radius 2 is 1.90 bits per heavy atom. The standard InChI is InChI=1S/C31H39FN4O4/c1-19-14-26(39-5)24(23-10-12-36(27(19)23)29(37)40-30(2,3)4)18-35-13-11-31(15-22(32)16-31)17-25(35)20-6-8-21(9-7-20)28(33)34-38/h6-10,12,14,22,25,38H,11,13,15-18H2,1-5H3,(H2,33,34)/t22?,25-,31?/m0/s1. The lowest BCUT2D eigenvalue weighted by Gasteiger charge is -2.53. The van der Waals surface area contributed by atoms with Crippen molar-refractivity contribution in [2.24, 2.45) is 16.3 Å². The van der Waals surface area contributed by atoms with Crippen molar-refractivity contribution in [2.45, 2.75) is 77.7 Å². The van der Waals surface area contributed by atoms with Gasteiger partial charge in [0.05, 0.1) is 12.6 Å². The summed E-state index contributed by atoms with van der Waals surface area (Å²) in [5, 5.41) is 13.1. The lowest BCUT2D eigenvalue weighted by atomic mass is 9.60. The Balaban J connectivity index is 1.52. The molecule has 9 heteroatoms.